The Morgan fingerprint density at radius 3 is 2.36 bits per heavy atom. The van der Waals surface area contributed by atoms with Crippen molar-refractivity contribution in [3.05, 3.63) is 65.2 Å². The van der Waals surface area contributed by atoms with Crippen molar-refractivity contribution in [2.24, 2.45) is 0 Å². The number of carbonyl (C=O) groups is 1. The van der Waals surface area contributed by atoms with Crippen molar-refractivity contribution in [1.82, 2.24) is 4.90 Å². The van der Waals surface area contributed by atoms with Gasteiger partial charge in [-0.05, 0) is 12.1 Å². The minimum absolute atomic E-state index is 0.0184. The predicted molar refractivity (Wildman–Crippen MR) is 88.7 cm³/mol. The molecule has 9 heteroatoms. The molecule has 1 aliphatic heterocycles. The van der Waals surface area contributed by atoms with Crippen LogP contribution in [-0.2, 0) is 6.18 Å². The summed E-state index contributed by atoms with van der Waals surface area (Å²) in [7, 11) is 0. The molecule has 150 valence electrons. The molecule has 0 bridgehead atoms. The Balaban J connectivity index is 1.71. The molecule has 2 atom stereocenters. The lowest BCUT2D eigenvalue weighted by Crippen LogP contribution is -2.51. The molecule has 3 rings (SSSR count). The van der Waals surface area contributed by atoms with Crippen molar-refractivity contribution in [2.45, 2.75) is 24.8 Å². The van der Waals surface area contributed by atoms with Crippen molar-refractivity contribution < 1.29 is 36.6 Å². The molecule has 0 spiro atoms. The number of carbonyl (C=O) groups excluding carboxylic acids is 1. The van der Waals surface area contributed by atoms with Gasteiger partial charge in [0, 0.05) is 31.2 Å². The van der Waals surface area contributed by atoms with Crippen LogP contribution in [0.5, 0.6) is 5.75 Å². The largest absolute Gasteiger partial charge is 0.487 e. The van der Waals surface area contributed by atoms with Gasteiger partial charge in [0.2, 0.25) is 0 Å². The van der Waals surface area contributed by atoms with Crippen LogP contribution >= 0.6 is 0 Å². The van der Waals surface area contributed by atoms with Crippen LogP contribution in [0.3, 0.4) is 0 Å². The lowest BCUT2D eigenvalue weighted by molar-refractivity contribution is -0.138. The summed E-state index contributed by atoms with van der Waals surface area (Å²) in [5.74, 6) is -2.67. The van der Waals surface area contributed by atoms with Crippen LogP contribution in [0.2, 0.25) is 0 Å². The average Bonchev–Trinajstić information content (AvgIpc) is 2.61. The van der Waals surface area contributed by atoms with Crippen LogP contribution in [0.1, 0.15) is 22.3 Å². The molecule has 2 aromatic rings. The summed E-state index contributed by atoms with van der Waals surface area (Å²) in [4.78, 5) is 13.6. The summed E-state index contributed by atoms with van der Waals surface area (Å²) in [6.45, 7) is -0.252. The fourth-order valence-electron chi connectivity index (χ4n) is 3.09. The number of likely N-dealkylation sites (tertiary alicyclic amines) is 1. The van der Waals surface area contributed by atoms with Gasteiger partial charge in [-0.25, -0.2) is 8.78 Å². The molecule has 0 unspecified atom stereocenters. The Hall–Kier alpha value is -2.68. The van der Waals surface area contributed by atoms with Gasteiger partial charge in [-0.2, -0.15) is 13.2 Å². The summed E-state index contributed by atoms with van der Waals surface area (Å²) in [6, 6.07) is 6.98. The van der Waals surface area contributed by atoms with Gasteiger partial charge in [0.15, 0.2) is 0 Å². The van der Waals surface area contributed by atoms with Gasteiger partial charge < -0.3 is 14.7 Å². The highest BCUT2D eigenvalue weighted by Gasteiger charge is 2.38. The molecule has 1 N–H and O–H groups in total. The molecular formula is C19H16F5NO3. The SMILES string of the molecule is O=C(c1ccccc1C(F)(F)F)N1CC[C@@H](Oc2cc(F)cc(F)c2)[C@H](O)C1. The lowest BCUT2D eigenvalue weighted by Gasteiger charge is -2.36. The number of ether oxygens (including phenoxy) is 1. The van der Waals surface area contributed by atoms with Crippen LogP contribution in [0.25, 0.3) is 0 Å². The zero-order valence-electron chi connectivity index (χ0n) is 14.4. The number of aliphatic hydroxyl groups is 1. The normalized spacial score (nSPS) is 20.1. The average molecular weight is 401 g/mol. The zero-order chi connectivity index (χ0) is 20.5. The van der Waals surface area contributed by atoms with Crippen molar-refractivity contribution in [3.63, 3.8) is 0 Å². The topological polar surface area (TPSA) is 49.8 Å². The molecule has 0 aliphatic carbocycles. The number of nitrogens with zero attached hydrogens (tertiary/aromatic N) is 1. The summed E-state index contributed by atoms with van der Waals surface area (Å²) < 4.78 is 71.2. The highest BCUT2D eigenvalue weighted by atomic mass is 19.4. The third-order valence-electron chi connectivity index (χ3n) is 4.39. The van der Waals surface area contributed by atoms with E-state index in [0.29, 0.717) is 6.07 Å². The third kappa shape index (κ3) is 4.41. The zero-order valence-corrected chi connectivity index (χ0v) is 14.4. The molecule has 1 heterocycles. The first kappa shape index (κ1) is 20.1. The molecule has 1 amide bonds. The maximum absolute atomic E-state index is 13.2. The Labute approximate surface area is 157 Å². The second-order valence-electron chi connectivity index (χ2n) is 6.41. The fourth-order valence-corrected chi connectivity index (χ4v) is 3.09. The number of alkyl halides is 3. The molecule has 0 saturated carbocycles. The van der Waals surface area contributed by atoms with Gasteiger partial charge in [0.1, 0.15) is 29.6 Å². The number of amides is 1. The number of halogens is 5. The number of piperidine rings is 1. The van der Waals surface area contributed by atoms with Gasteiger partial charge in [0.25, 0.3) is 5.91 Å². The Bertz CT molecular complexity index is 851. The number of β-amino-alcohol motifs (C(OH)–C–C–N with tert-alkyl or cyclic N) is 1. The minimum atomic E-state index is -4.69. The molecule has 0 aromatic heterocycles. The lowest BCUT2D eigenvalue weighted by atomic mass is 10.0. The number of benzene rings is 2. The standard InChI is InChI=1S/C19H16F5NO3/c20-11-7-12(21)9-13(8-11)28-17-5-6-25(10-16(17)26)18(27)14-3-1-2-4-15(14)19(22,23)24/h1-4,7-9,16-17,26H,5-6,10H2/t16-,17-/m1/s1. The molecular weight excluding hydrogens is 385 g/mol. The van der Waals surface area contributed by atoms with Gasteiger partial charge in [-0.15, -0.1) is 0 Å². The number of aliphatic hydroxyl groups excluding tert-OH is 1. The Kier molecular flexibility index (Phi) is 5.55. The Morgan fingerprint density at radius 2 is 1.75 bits per heavy atom. The number of hydrogen-bond donors (Lipinski definition) is 1. The summed E-state index contributed by atoms with van der Waals surface area (Å²) in [5.41, 5.74) is -1.56. The van der Waals surface area contributed by atoms with Crippen molar-refractivity contribution in [2.75, 3.05) is 13.1 Å². The Morgan fingerprint density at radius 1 is 1.11 bits per heavy atom. The first-order valence-corrected chi connectivity index (χ1v) is 8.41. The van der Waals surface area contributed by atoms with E-state index in [1.807, 2.05) is 0 Å². The first-order valence-electron chi connectivity index (χ1n) is 8.41. The van der Waals surface area contributed by atoms with E-state index in [2.05, 4.69) is 0 Å². The van der Waals surface area contributed by atoms with E-state index in [9.17, 15) is 31.9 Å². The maximum Gasteiger partial charge on any atom is 0.417 e. The number of rotatable bonds is 3. The van der Waals surface area contributed by atoms with Crippen molar-refractivity contribution in [3.8, 4) is 5.75 Å². The smallest absolute Gasteiger partial charge is 0.417 e. The predicted octanol–water partition coefficient (Wildman–Crippen LogP) is 3.64. The van der Waals surface area contributed by atoms with Crippen LogP contribution in [0.15, 0.2) is 42.5 Å². The molecule has 4 nitrogen and oxygen atoms in total. The molecule has 2 aromatic carbocycles. The molecule has 1 saturated heterocycles. The summed E-state index contributed by atoms with van der Waals surface area (Å²) in [6.07, 6.45) is -6.70. The highest BCUT2D eigenvalue weighted by Crippen LogP contribution is 2.33. The quantitative estimate of drug-likeness (QED) is 0.800. The van der Waals surface area contributed by atoms with Crippen LogP contribution < -0.4 is 4.74 Å². The van der Waals surface area contributed by atoms with Gasteiger partial charge in [-0.3, -0.25) is 4.79 Å². The van der Waals surface area contributed by atoms with Crippen LogP contribution in [0.4, 0.5) is 22.0 Å². The third-order valence-corrected chi connectivity index (χ3v) is 4.39. The van der Waals surface area contributed by atoms with Crippen LogP contribution in [0, 0.1) is 11.6 Å². The molecule has 0 radical (unpaired) electrons. The van der Waals surface area contributed by atoms with Gasteiger partial charge in [0.05, 0.1) is 17.7 Å². The van der Waals surface area contributed by atoms with E-state index in [1.54, 1.807) is 0 Å². The van der Waals surface area contributed by atoms with E-state index in [1.165, 1.54) is 12.1 Å². The fraction of sp³-hybridized carbons (Fsp3) is 0.316. The van der Waals surface area contributed by atoms with E-state index < -0.39 is 47.1 Å². The number of hydrogen-bond acceptors (Lipinski definition) is 3. The molecule has 1 aliphatic rings. The molecule has 1 fully saturated rings. The second-order valence-corrected chi connectivity index (χ2v) is 6.41. The molecule has 28 heavy (non-hydrogen) atoms. The second kappa shape index (κ2) is 7.75. The van der Waals surface area contributed by atoms with E-state index >= 15 is 0 Å². The van der Waals surface area contributed by atoms with E-state index in [0.717, 1.165) is 29.2 Å². The summed E-state index contributed by atoms with van der Waals surface area (Å²) >= 11 is 0. The van der Waals surface area contributed by atoms with Gasteiger partial charge in [-0.1, -0.05) is 12.1 Å². The monoisotopic (exact) mass is 401 g/mol. The van der Waals surface area contributed by atoms with Gasteiger partial charge >= 0.3 is 6.18 Å². The highest BCUT2D eigenvalue weighted by molar-refractivity contribution is 5.96. The maximum atomic E-state index is 13.2. The minimum Gasteiger partial charge on any atom is -0.487 e. The first-order chi connectivity index (χ1) is 13.1. The van der Waals surface area contributed by atoms with E-state index in [-0.39, 0.29) is 25.3 Å². The van der Waals surface area contributed by atoms with Crippen molar-refractivity contribution >= 4 is 5.91 Å². The summed E-state index contributed by atoms with van der Waals surface area (Å²) in [5, 5.41) is 10.2. The van der Waals surface area contributed by atoms with Crippen LogP contribution in [-0.4, -0.2) is 41.2 Å². The van der Waals surface area contributed by atoms with Crippen molar-refractivity contribution in [1.29, 1.82) is 0 Å². The van der Waals surface area contributed by atoms with E-state index in [4.69, 9.17) is 4.74 Å².